The minimum Gasteiger partial charge on any atom is -0.483 e. The lowest BCUT2D eigenvalue weighted by Crippen LogP contribution is -2.26. The van der Waals surface area contributed by atoms with E-state index in [0.717, 1.165) is 22.4 Å². The Balaban J connectivity index is 1.92. The summed E-state index contributed by atoms with van der Waals surface area (Å²) in [5.41, 5.74) is 12.4. The summed E-state index contributed by atoms with van der Waals surface area (Å²) in [6, 6.07) is 13.1. The summed E-state index contributed by atoms with van der Waals surface area (Å²) in [7, 11) is 0. The number of benzene rings is 2. The van der Waals surface area contributed by atoms with E-state index in [4.69, 9.17) is 10.5 Å². The van der Waals surface area contributed by atoms with Crippen molar-refractivity contribution in [2.75, 3.05) is 12.3 Å². The molecule has 0 saturated heterocycles. The van der Waals surface area contributed by atoms with Crippen LogP contribution >= 0.6 is 0 Å². The van der Waals surface area contributed by atoms with Gasteiger partial charge in [-0.05, 0) is 49.6 Å². The normalized spacial score (nSPS) is 11.2. The highest BCUT2D eigenvalue weighted by atomic mass is 16.5. The Morgan fingerprint density at radius 3 is 2.35 bits per heavy atom. The molecule has 0 aliphatic heterocycles. The Labute approximate surface area is 136 Å². The number of carbonyl (C=O) groups is 1. The fourth-order valence-corrected chi connectivity index (χ4v) is 2.13. The molecule has 2 aromatic carbocycles. The summed E-state index contributed by atoms with van der Waals surface area (Å²) < 4.78 is 5.59. The average molecular weight is 311 g/mol. The van der Waals surface area contributed by atoms with Crippen LogP contribution in [0.15, 0.2) is 47.6 Å². The minimum atomic E-state index is -0.303. The van der Waals surface area contributed by atoms with Gasteiger partial charge in [0, 0.05) is 5.69 Å². The van der Waals surface area contributed by atoms with Crippen molar-refractivity contribution in [2.24, 2.45) is 5.10 Å². The highest BCUT2D eigenvalue weighted by molar-refractivity contribution is 5.99. The van der Waals surface area contributed by atoms with Crippen molar-refractivity contribution in [1.82, 2.24) is 5.43 Å². The van der Waals surface area contributed by atoms with Gasteiger partial charge in [-0.3, -0.25) is 4.79 Å². The number of hydrogen-bond donors (Lipinski definition) is 2. The molecule has 0 unspecified atom stereocenters. The van der Waals surface area contributed by atoms with Gasteiger partial charge >= 0.3 is 0 Å². The molecule has 0 saturated carbocycles. The number of nitrogen functional groups attached to an aromatic ring is 1. The SMILES string of the molecule is C/C(=N/NC(=O)COc1c(C)cccc1C)c1ccc(N)cc1. The molecule has 120 valence electrons. The smallest absolute Gasteiger partial charge is 0.277 e. The number of hydrogen-bond acceptors (Lipinski definition) is 4. The number of nitrogens with two attached hydrogens (primary N) is 1. The number of para-hydroxylation sites is 1. The van der Waals surface area contributed by atoms with Crippen LogP contribution in [0.5, 0.6) is 5.75 Å². The van der Waals surface area contributed by atoms with E-state index in [1.807, 2.05) is 51.1 Å². The number of nitrogens with one attached hydrogen (secondary N) is 1. The first-order valence-electron chi connectivity index (χ1n) is 7.35. The van der Waals surface area contributed by atoms with Crippen LogP contribution < -0.4 is 15.9 Å². The first-order chi connectivity index (χ1) is 11.0. The fraction of sp³-hybridized carbons (Fsp3) is 0.222. The van der Waals surface area contributed by atoms with Crippen LogP contribution in [0.4, 0.5) is 5.69 Å². The van der Waals surface area contributed by atoms with Gasteiger partial charge in [-0.2, -0.15) is 5.10 Å². The Bertz CT molecular complexity index is 701. The zero-order valence-electron chi connectivity index (χ0n) is 13.6. The number of rotatable bonds is 5. The molecule has 2 rings (SSSR count). The second-order valence-corrected chi connectivity index (χ2v) is 5.36. The maximum Gasteiger partial charge on any atom is 0.277 e. The minimum absolute atomic E-state index is 0.0792. The van der Waals surface area contributed by atoms with E-state index in [9.17, 15) is 4.79 Å². The molecule has 23 heavy (non-hydrogen) atoms. The summed E-state index contributed by atoms with van der Waals surface area (Å²) in [4.78, 5) is 11.9. The van der Waals surface area contributed by atoms with E-state index in [2.05, 4.69) is 10.5 Å². The van der Waals surface area contributed by atoms with Crippen molar-refractivity contribution in [3.05, 3.63) is 59.2 Å². The van der Waals surface area contributed by atoms with E-state index in [-0.39, 0.29) is 12.5 Å². The van der Waals surface area contributed by atoms with Gasteiger partial charge in [0.25, 0.3) is 5.91 Å². The van der Waals surface area contributed by atoms with Crippen molar-refractivity contribution in [3.8, 4) is 5.75 Å². The molecule has 0 aliphatic rings. The molecule has 0 atom stereocenters. The largest absolute Gasteiger partial charge is 0.483 e. The van der Waals surface area contributed by atoms with E-state index in [0.29, 0.717) is 11.4 Å². The quantitative estimate of drug-likeness (QED) is 0.506. The number of amides is 1. The molecule has 0 radical (unpaired) electrons. The standard InChI is InChI=1S/C18H21N3O2/c1-12-5-4-6-13(2)18(12)23-11-17(22)21-20-14(3)15-7-9-16(19)10-8-15/h4-10H,11,19H2,1-3H3,(H,21,22)/b20-14-. The Morgan fingerprint density at radius 2 is 1.74 bits per heavy atom. The summed E-state index contributed by atoms with van der Waals surface area (Å²) in [6.45, 7) is 5.63. The third-order valence-electron chi connectivity index (χ3n) is 3.43. The third kappa shape index (κ3) is 4.57. The fourth-order valence-electron chi connectivity index (χ4n) is 2.13. The first kappa shape index (κ1) is 16.5. The number of nitrogens with zero attached hydrogens (tertiary/aromatic N) is 1. The molecule has 5 nitrogen and oxygen atoms in total. The number of carbonyl (C=O) groups excluding carboxylic acids is 1. The Kier molecular flexibility index (Phi) is 5.36. The molecule has 3 N–H and O–H groups in total. The van der Waals surface area contributed by atoms with Crippen LogP contribution in [0.25, 0.3) is 0 Å². The van der Waals surface area contributed by atoms with Gasteiger partial charge in [-0.1, -0.05) is 30.3 Å². The van der Waals surface area contributed by atoms with E-state index >= 15 is 0 Å². The summed E-state index contributed by atoms with van der Waals surface area (Å²) in [5, 5.41) is 4.08. The number of aryl methyl sites for hydroxylation is 2. The maximum atomic E-state index is 11.9. The molecule has 0 fully saturated rings. The lowest BCUT2D eigenvalue weighted by molar-refractivity contribution is -0.123. The van der Waals surface area contributed by atoms with Crippen LogP contribution in [0.3, 0.4) is 0 Å². The molecule has 5 heteroatoms. The second kappa shape index (κ2) is 7.45. The Hall–Kier alpha value is -2.82. The van der Waals surface area contributed by atoms with E-state index in [1.54, 1.807) is 12.1 Å². The summed E-state index contributed by atoms with van der Waals surface area (Å²) in [5.74, 6) is 0.435. The van der Waals surface area contributed by atoms with Gasteiger partial charge < -0.3 is 10.5 Å². The number of ether oxygens (including phenoxy) is 1. The second-order valence-electron chi connectivity index (χ2n) is 5.36. The number of hydrazone groups is 1. The highest BCUT2D eigenvalue weighted by Gasteiger charge is 2.07. The van der Waals surface area contributed by atoms with Crippen LogP contribution in [0.2, 0.25) is 0 Å². The van der Waals surface area contributed by atoms with Crippen molar-refractivity contribution >= 4 is 17.3 Å². The van der Waals surface area contributed by atoms with Gasteiger partial charge in [0.1, 0.15) is 5.75 Å². The topological polar surface area (TPSA) is 76.7 Å². The summed E-state index contributed by atoms with van der Waals surface area (Å²) in [6.07, 6.45) is 0. The average Bonchev–Trinajstić information content (AvgIpc) is 2.53. The molecular weight excluding hydrogens is 290 g/mol. The zero-order valence-corrected chi connectivity index (χ0v) is 13.6. The summed E-state index contributed by atoms with van der Waals surface area (Å²) >= 11 is 0. The van der Waals surface area contributed by atoms with E-state index < -0.39 is 0 Å². The van der Waals surface area contributed by atoms with Crippen LogP contribution in [0.1, 0.15) is 23.6 Å². The van der Waals surface area contributed by atoms with Gasteiger partial charge in [-0.15, -0.1) is 0 Å². The lowest BCUT2D eigenvalue weighted by Gasteiger charge is -2.11. The van der Waals surface area contributed by atoms with Crippen LogP contribution in [-0.2, 0) is 4.79 Å². The monoisotopic (exact) mass is 311 g/mol. The molecule has 2 aromatic rings. The molecule has 0 spiro atoms. The predicted octanol–water partition coefficient (Wildman–Crippen LogP) is 2.80. The van der Waals surface area contributed by atoms with E-state index in [1.165, 1.54) is 0 Å². The predicted molar refractivity (Wildman–Crippen MR) is 92.6 cm³/mol. The van der Waals surface area contributed by atoms with Crippen molar-refractivity contribution < 1.29 is 9.53 Å². The van der Waals surface area contributed by atoms with Gasteiger partial charge in [0.15, 0.2) is 6.61 Å². The molecule has 0 aromatic heterocycles. The Morgan fingerprint density at radius 1 is 1.13 bits per heavy atom. The van der Waals surface area contributed by atoms with Crippen molar-refractivity contribution in [1.29, 1.82) is 0 Å². The molecular formula is C18H21N3O2. The van der Waals surface area contributed by atoms with Crippen LogP contribution in [-0.4, -0.2) is 18.2 Å². The molecule has 0 bridgehead atoms. The highest BCUT2D eigenvalue weighted by Crippen LogP contribution is 2.21. The van der Waals surface area contributed by atoms with Crippen molar-refractivity contribution in [3.63, 3.8) is 0 Å². The lowest BCUT2D eigenvalue weighted by atomic mass is 10.1. The third-order valence-corrected chi connectivity index (χ3v) is 3.43. The first-order valence-corrected chi connectivity index (χ1v) is 7.35. The van der Waals surface area contributed by atoms with Gasteiger partial charge in [0.2, 0.25) is 0 Å². The maximum absolute atomic E-state index is 11.9. The van der Waals surface area contributed by atoms with Gasteiger partial charge in [0.05, 0.1) is 5.71 Å². The van der Waals surface area contributed by atoms with Crippen LogP contribution in [0, 0.1) is 13.8 Å². The molecule has 0 heterocycles. The van der Waals surface area contributed by atoms with Gasteiger partial charge in [-0.25, -0.2) is 5.43 Å². The van der Waals surface area contributed by atoms with Crippen molar-refractivity contribution in [2.45, 2.75) is 20.8 Å². The zero-order chi connectivity index (χ0) is 16.8. The molecule has 0 aliphatic carbocycles. The number of anilines is 1. The molecule has 1 amide bonds.